The number of piperidine rings is 1. The summed E-state index contributed by atoms with van der Waals surface area (Å²) in [5, 5.41) is 9.92. The number of nitrogens with one attached hydrogen (secondary N) is 2. The van der Waals surface area contributed by atoms with Crippen molar-refractivity contribution >= 4 is 11.9 Å². The second-order valence-corrected chi connectivity index (χ2v) is 6.00. The number of rotatable bonds is 1. The first-order valence-corrected chi connectivity index (χ1v) is 7.67. The number of amidine groups is 1. The molecular weight excluding hydrogens is 254 g/mol. The van der Waals surface area contributed by atoms with E-state index in [0.29, 0.717) is 12.1 Å². The quantitative estimate of drug-likeness (QED) is 0.494. The van der Waals surface area contributed by atoms with E-state index in [9.17, 15) is 4.79 Å². The molecule has 2 aliphatic heterocycles. The molecule has 114 valence electrons. The molecule has 1 unspecified atom stereocenters. The maximum Gasteiger partial charge on any atom is 0.322 e. The zero-order chi connectivity index (χ0) is 14.5. The minimum absolute atomic E-state index is 0.126. The maximum absolute atomic E-state index is 11.9. The largest absolute Gasteiger partial charge is 0.328 e. The van der Waals surface area contributed by atoms with Crippen LogP contribution < -0.4 is 11.1 Å². The summed E-state index contributed by atoms with van der Waals surface area (Å²) >= 11 is 0. The Morgan fingerprint density at radius 2 is 1.85 bits per heavy atom. The van der Waals surface area contributed by atoms with Gasteiger partial charge in [0.2, 0.25) is 0 Å². The van der Waals surface area contributed by atoms with Gasteiger partial charge in [-0.15, -0.1) is 0 Å². The van der Waals surface area contributed by atoms with E-state index in [-0.39, 0.29) is 11.9 Å². The van der Waals surface area contributed by atoms with Crippen LogP contribution in [-0.4, -0.2) is 59.9 Å². The van der Waals surface area contributed by atoms with Crippen molar-refractivity contribution in [1.82, 2.24) is 15.1 Å². The van der Waals surface area contributed by atoms with Crippen LogP contribution >= 0.6 is 0 Å². The summed E-state index contributed by atoms with van der Waals surface area (Å²) in [5.41, 5.74) is 5.96. The first-order valence-electron chi connectivity index (χ1n) is 7.67. The Morgan fingerprint density at radius 1 is 1.15 bits per heavy atom. The van der Waals surface area contributed by atoms with Gasteiger partial charge in [0.05, 0.1) is 5.84 Å². The average Bonchev–Trinajstić information content (AvgIpc) is 2.64. The van der Waals surface area contributed by atoms with Crippen molar-refractivity contribution in [2.75, 3.05) is 26.2 Å². The molecule has 4 N–H and O–H groups in total. The summed E-state index contributed by atoms with van der Waals surface area (Å²) in [6.07, 6.45) is 5.40. The summed E-state index contributed by atoms with van der Waals surface area (Å²) in [6.45, 7) is 5.36. The second-order valence-electron chi connectivity index (χ2n) is 6.00. The molecule has 20 heavy (non-hydrogen) atoms. The lowest BCUT2D eigenvalue weighted by atomic mass is 10.0. The molecule has 1 atom stereocenters. The molecule has 2 heterocycles. The molecule has 0 aliphatic carbocycles. The van der Waals surface area contributed by atoms with E-state index < -0.39 is 0 Å². The number of carbonyl (C=O) groups is 1. The zero-order valence-corrected chi connectivity index (χ0v) is 12.4. The van der Waals surface area contributed by atoms with Gasteiger partial charge in [0.1, 0.15) is 0 Å². The van der Waals surface area contributed by atoms with Crippen molar-refractivity contribution in [3.63, 3.8) is 0 Å². The van der Waals surface area contributed by atoms with Gasteiger partial charge in [0, 0.05) is 25.2 Å². The van der Waals surface area contributed by atoms with Crippen LogP contribution in [0.2, 0.25) is 0 Å². The Balaban J connectivity index is 1.82. The molecule has 2 fully saturated rings. The third-order valence-corrected chi connectivity index (χ3v) is 4.37. The molecule has 2 rings (SSSR count). The first kappa shape index (κ1) is 15.3. The van der Waals surface area contributed by atoms with Crippen molar-refractivity contribution in [3.8, 4) is 0 Å². The van der Waals surface area contributed by atoms with Crippen LogP contribution in [0.25, 0.3) is 0 Å². The monoisotopic (exact) mass is 281 g/mol. The van der Waals surface area contributed by atoms with Gasteiger partial charge in [-0.25, -0.2) is 4.79 Å². The predicted octanol–water partition coefficient (Wildman–Crippen LogP) is 0.971. The van der Waals surface area contributed by atoms with E-state index in [2.05, 4.69) is 10.2 Å². The van der Waals surface area contributed by atoms with Crippen LogP contribution in [0.4, 0.5) is 4.79 Å². The molecule has 0 aromatic carbocycles. The van der Waals surface area contributed by atoms with Crippen LogP contribution in [-0.2, 0) is 0 Å². The van der Waals surface area contributed by atoms with Crippen LogP contribution in [0.15, 0.2) is 0 Å². The molecule has 2 amide bonds. The summed E-state index contributed by atoms with van der Waals surface area (Å²) in [4.78, 5) is 16.3. The van der Waals surface area contributed by atoms with E-state index >= 15 is 0 Å². The zero-order valence-electron chi connectivity index (χ0n) is 12.4. The fourth-order valence-corrected chi connectivity index (χ4v) is 3.17. The number of likely N-dealkylation sites (tertiary alicyclic amines) is 2. The molecule has 2 aliphatic rings. The Kier molecular flexibility index (Phi) is 5.37. The molecule has 0 aromatic heterocycles. The van der Waals surface area contributed by atoms with Crippen molar-refractivity contribution in [1.29, 1.82) is 5.41 Å². The Labute approximate surface area is 121 Å². The first-order chi connectivity index (χ1) is 9.56. The number of nitrogens with two attached hydrogens (primary N) is 1. The maximum atomic E-state index is 11.9. The number of amides is 2. The van der Waals surface area contributed by atoms with E-state index in [4.69, 9.17) is 11.1 Å². The van der Waals surface area contributed by atoms with Crippen molar-refractivity contribution in [2.24, 2.45) is 5.73 Å². The van der Waals surface area contributed by atoms with Gasteiger partial charge in [-0.1, -0.05) is 0 Å². The van der Waals surface area contributed by atoms with Gasteiger partial charge in [-0.05, 0) is 52.1 Å². The Morgan fingerprint density at radius 3 is 2.50 bits per heavy atom. The standard InChI is InChI=1S/C14H27N5O/c1-11(15)17-14(20)19-7-2-3-13(6-10-19)18-8-4-12(16)5-9-18/h12-13H,2-10,16H2,1H3,(H2,15,17,20). The second kappa shape index (κ2) is 7.04. The molecule has 0 spiro atoms. The van der Waals surface area contributed by atoms with Crippen LogP contribution in [0.3, 0.4) is 0 Å². The van der Waals surface area contributed by atoms with Gasteiger partial charge >= 0.3 is 6.03 Å². The van der Waals surface area contributed by atoms with Gasteiger partial charge < -0.3 is 15.5 Å². The van der Waals surface area contributed by atoms with Gasteiger partial charge in [-0.2, -0.15) is 0 Å². The highest BCUT2D eigenvalue weighted by Crippen LogP contribution is 2.20. The molecule has 6 nitrogen and oxygen atoms in total. The lowest BCUT2D eigenvalue weighted by Gasteiger charge is -2.36. The smallest absolute Gasteiger partial charge is 0.322 e. The third-order valence-electron chi connectivity index (χ3n) is 4.37. The van der Waals surface area contributed by atoms with Gasteiger partial charge in [0.25, 0.3) is 0 Å². The highest BCUT2D eigenvalue weighted by molar-refractivity contribution is 5.94. The summed E-state index contributed by atoms with van der Waals surface area (Å²) in [6, 6.07) is 0.829. The number of nitrogens with zero attached hydrogens (tertiary/aromatic N) is 2. The Hall–Kier alpha value is -1.14. The van der Waals surface area contributed by atoms with Crippen LogP contribution in [0, 0.1) is 5.41 Å². The molecule has 2 saturated heterocycles. The lowest BCUT2D eigenvalue weighted by molar-refractivity contribution is 0.139. The van der Waals surface area contributed by atoms with Crippen LogP contribution in [0.1, 0.15) is 39.0 Å². The van der Waals surface area contributed by atoms with Crippen LogP contribution in [0.5, 0.6) is 0 Å². The molecule has 0 radical (unpaired) electrons. The number of hydrogen-bond donors (Lipinski definition) is 3. The summed E-state index contributed by atoms with van der Waals surface area (Å²) in [7, 11) is 0. The summed E-state index contributed by atoms with van der Waals surface area (Å²) in [5.74, 6) is 0.209. The number of carbonyl (C=O) groups excluding carboxylic acids is 1. The van der Waals surface area contributed by atoms with Crippen molar-refractivity contribution in [3.05, 3.63) is 0 Å². The lowest BCUT2D eigenvalue weighted by Crippen LogP contribution is -2.46. The molecule has 6 heteroatoms. The fourth-order valence-electron chi connectivity index (χ4n) is 3.17. The fraction of sp³-hybridized carbons (Fsp3) is 0.857. The SMILES string of the molecule is CC(=N)NC(=O)N1CCCC(N2CCC(N)CC2)CC1. The number of hydrogen-bond acceptors (Lipinski definition) is 4. The van der Waals surface area contributed by atoms with Gasteiger partial charge in [-0.3, -0.25) is 10.7 Å². The molecule has 0 saturated carbocycles. The van der Waals surface area contributed by atoms with Gasteiger partial charge in [0.15, 0.2) is 0 Å². The highest BCUT2D eigenvalue weighted by Gasteiger charge is 2.27. The predicted molar refractivity (Wildman–Crippen MR) is 79.9 cm³/mol. The normalized spacial score (nSPS) is 26.1. The average molecular weight is 281 g/mol. The highest BCUT2D eigenvalue weighted by atomic mass is 16.2. The molecular formula is C14H27N5O. The Bertz CT molecular complexity index is 351. The molecule has 0 aromatic rings. The number of urea groups is 1. The summed E-state index contributed by atoms with van der Waals surface area (Å²) < 4.78 is 0. The topological polar surface area (TPSA) is 85.5 Å². The van der Waals surface area contributed by atoms with E-state index in [0.717, 1.165) is 58.3 Å². The minimum Gasteiger partial charge on any atom is -0.328 e. The molecule has 0 bridgehead atoms. The van der Waals surface area contributed by atoms with E-state index in [1.54, 1.807) is 6.92 Å². The van der Waals surface area contributed by atoms with Crippen molar-refractivity contribution < 1.29 is 4.79 Å². The van der Waals surface area contributed by atoms with E-state index in [1.807, 2.05) is 4.90 Å². The minimum atomic E-state index is -0.126. The van der Waals surface area contributed by atoms with E-state index in [1.165, 1.54) is 0 Å². The third kappa shape index (κ3) is 4.18. The van der Waals surface area contributed by atoms with Crippen molar-refractivity contribution in [2.45, 2.75) is 51.1 Å².